The number of amides is 2. The first kappa shape index (κ1) is 25.2. The molecule has 0 aromatic heterocycles. The highest BCUT2D eigenvalue weighted by Crippen LogP contribution is 2.11. The summed E-state index contributed by atoms with van der Waals surface area (Å²) >= 11 is 0. The first-order chi connectivity index (χ1) is 13.6. The van der Waals surface area contributed by atoms with Crippen LogP contribution in [0, 0.1) is 0 Å². The lowest BCUT2D eigenvalue weighted by Crippen LogP contribution is -2.39. The van der Waals surface area contributed by atoms with E-state index >= 15 is 0 Å². The summed E-state index contributed by atoms with van der Waals surface area (Å²) in [6.45, 7) is 5.81. The first-order valence-corrected chi connectivity index (χ1v) is 10.2. The van der Waals surface area contributed by atoms with E-state index in [1.54, 1.807) is 7.05 Å². The van der Waals surface area contributed by atoms with Crippen molar-refractivity contribution in [2.75, 3.05) is 33.2 Å². The van der Waals surface area contributed by atoms with Crippen molar-refractivity contribution in [3.8, 4) is 0 Å². The second-order valence-electron chi connectivity index (χ2n) is 6.94. The second-order valence-corrected chi connectivity index (χ2v) is 6.94. The van der Waals surface area contributed by atoms with Gasteiger partial charge in [-0.1, -0.05) is 18.6 Å². The van der Waals surface area contributed by atoms with Gasteiger partial charge >= 0.3 is 0 Å². The molecule has 1 heterocycles. The normalized spacial score (nSPS) is 14.6. The molecular weight excluding hydrogens is 481 g/mol. The maximum Gasteiger partial charge on any atom is 0.251 e. The van der Waals surface area contributed by atoms with Crippen LogP contribution in [-0.4, -0.2) is 55.9 Å². The number of guanidine groups is 1. The molecule has 1 aliphatic heterocycles. The van der Waals surface area contributed by atoms with E-state index in [1.807, 2.05) is 36.1 Å². The number of hydrogen-bond donors (Lipinski definition) is 3. The number of rotatable bonds is 8. The maximum atomic E-state index is 12.0. The van der Waals surface area contributed by atoms with Crippen LogP contribution in [0.5, 0.6) is 0 Å². The minimum absolute atomic E-state index is 0. The van der Waals surface area contributed by atoms with E-state index in [9.17, 15) is 9.59 Å². The molecule has 7 nitrogen and oxygen atoms in total. The van der Waals surface area contributed by atoms with Gasteiger partial charge in [-0.15, -0.1) is 24.0 Å². The van der Waals surface area contributed by atoms with Crippen molar-refractivity contribution >= 4 is 41.8 Å². The summed E-state index contributed by atoms with van der Waals surface area (Å²) in [5, 5.41) is 9.19. The third kappa shape index (κ3) is 9.01. The van der Waals surface area contributed by atoms with Gasteiger partial charge in [-0.05, 0) is 43.9 Å². The van der Waals surface area contributed by atoms with Crippen LogP contribution in [-0.2, 0) is 11.3 Å². The summed E-state index contributed by atoms with van der Waals surface area (Å²) in [4.78, 5) is 30.2. The Morgan fingerprint density at radius 1 is 1.14 bits per heavy atom. The summed E-state index contributed by atoms with van der Waals surface area (Å²) in [5.74, 6) is 0.964. The zero-order valence-electron chi connectivity index (χ0n) is 17.5. The molecule has 0 spiro atoms. The molecule has 29 heavy (non-hydrogen) atoms. The first-order valence-electron chi connectivity index (χ1n) is 10.2. The van der Waals surface area contributed by atoms with Crippen LogP contribution in [0.2, 0.25) is 0 Å². The Bertz CT molecular complexity index is 664. The predicted molar refractivity (Wildman–Crippen MR) is 128 cm³/mol. The molecule has 0 atom stereocenters. The third-order valence-corrected chi connectivity index (χ3v) is 4.78. The van der Waals surface area contributed by atoms with Gasteiger partial charge in [-0.25, -0.2) is 4.99 Å². The van der Waals surface area contributed by atoms with Gasteiger partial charge in [0.05, 0.1) is 6.54 Å². The number of carbonyl (C=O) groups excluding carboxylic acids is 2. The number of aliphatic imine (C=N–C) groups is 1. The molecule has 0 radical (unpaired) electrons. The molecule has 1 aromatic carbocycles. The van der Waals surface area contributed by atoms with Crippen LogP contribution in [0.15, 0.2) is 29.3 Å². The molecule has 162 valence electrons. The van der Waals surface area contributed by atoms with E-state index in [0.717, 1.165) is 63.4 Å². The van der Waals surface area contributed by atoms with E-state index in [0.29, 0.717) is 24.4 Å². The standard InChI is InChI=1S/C21H33N5O2.HI/c1-3-23-21(24-13-7-15-26-14-6-4-5-8-19(26)27)25-16-17-9-11-18(12-10-17)20(28)22-2;/h9-12H,3-8,13-16H2,1-2H3,(H,22,28)(H2,23,24,25);1H. The number of hydrogen-bond acceptors (Lipinski definition) is 3. The quantitative estimate of drug-likeness (QED) is 0.215. The van der Waals surface area contributed by atoms with Crippen LogP contribution >= 0.6 is 24.0 Å². The van der Waals surface area contributed by atoms with Gasteiger partial charge in [0.2, 0.25) is 5.91 Å². The van der Waals surface area contributed by atoms with Crippen LogP contribution in [0.1, 0.15) is 54.9 Å². The third-order valence-electron chi connectivity index (χ3n) is 4.78. The lowest BCUT2D eigenvalue weighted by molar-refractivity contribution is -0.130. The van der Waals surface area contributed by atoms with E-state index in [-0.39, 0.29) is 29.9 Å². The second kappa shape index (κ2) is 14.2. The SMILES string of the molecule is CCNC(=NCc1ccc(C(=O)NC)cc1)NCCCN1CCCCCC1=O.I. The van der Waals surface area contributed by atoms with E-state index in [2.05, 4.69) is 20.9 Å². The van der Waals surface area contributed by atoms with E-state index in [1.165, 1.54) is 0 Å². The van der Waals surface area contributed by atoms with E-state index in [4.69, 9.17) is 0 Å². The molecule has 2 rings (SSSR count). The smallest absolute Gasteiger partial charge is 0.251 e. The molecule has 0 bridgehead atoms. The highest BCUT2D eigenvalue weighted by Gasteiger charge is 2.15. The Hall–Kier alpha value is -1.84. The lowest BCUT2D eigenvalue weighted by atomic mass is 10.1. The molecule has 8 heteroatoms. The summed E-state index contributed by atoms with van der Waals surface area (Å²) in [7, 11) is 1.62. The van der Waals surface area contributed by atoms with Crippen molar-refractivity contribution < 1.29 is 9.59 Å². The van der Waals surface area contributed by atoms with Gasteiger partial charge in [-0.3, -0.25) is 9.59 Å². The molecule has 0 unspecified atom stereocenters. The molecule has 0 aliphatic carbocycles. The largest absolute Gasteiger partial charge is 0.357 e. The predicted octanol–water partition coefficient (Wildman–Crippen LogP) is 2.51. The van der Waals surface area contributed by atoms with Gasteiger partial charge in [0.25, 0.3) is 5.91 Å². The van der Waals surface area contributed by atoms with Crippen LogP contribution in [0.3, 0.4) is 0 Å². The fourth-order valence-electron chi connectivity index (χ4n) is 3.17. The summed E-state index contributed by atoms with van der Waals surface area (Å²) < 4.78 is 0. The zero-order chi connectivity index (χ0) is 20.2. The highest BCUT2D eigenvalue weighted by molar-refractivity contribution is 14.0. The molecule has 1 fully saturated rings. The number of carbonyl (C=O) groups is 2. The molecule has 0 saturated carbocycles. The Kier molecular flexibility index (Phi) is 12.3. The fraction of sp³-hybridized carbons (Fsp3) is 0.571. The number of likely N-dealkylation sites (tertiary alicyclic amines) is 1. The van der Waals surface area contributed by atoms with Crippen molar-refractivity contribution in [1.82, 2.24) is 20.9 Å². The zero-order valence-corrected chi connectivity index (χ0v) is 19.8. The van der Waals surface area contributed by atoms with Gasteiger partial charge in [0, 0.05) is 45.2 Å². The minimum atomic E-state index is -0.0899. The summed E-state index contributed by atoms with van der Waals surface area (Å²) in [6, 6.07) is 7.45. The Morgan fingerprint density at radius 2 is 1.90 bits per heavy atom. The van der Waals surface area contributed by atoms with Crippen molar-refractivity contribution in [1.29, 1.82) is 0 Å². The van der Waals surface area contributed by atoms with Gasteiger partial charge in [0.1, 0.15) is 0 Å². The van der Waals surface area contributed by atoms with Crippen molar-refractivity contribution in [3.05, 3.63) is 35.4 Å². The molecule has 1 saturated heterocycles. The van der Waals surface area contributed by atoms with Crippen molar-refractivity contribution in [2.45, 2.75) is 45.6 Å². The van der Waals surface area contributed by atoms with Gasteiger partial charge in [-0.2, -0.15) is 0 Å². The average molecular weight is 515 g/mol. The van der Waals surface area contributed by atoms with Crippen molar-refractivity contribution in [3.63, 3.8) is 0 Å². The summed E-state index contributed by atoms with van der Waals surface area (Å²) in [6.07, 6.45) is 4.88. The number of nitrogens with zero attached hydrogens (tertiary/aromatic N) is 2. The summed E-state index contributed by atoms with van der Waals surface area (Å²) in [5.41, 5.74) is 1.68. The van der Waals surface area contributed by atoms with E-state index < -0.39 is 0 Å². The van der Waals surface area contributed by atoms with Gasteiger partial charge < -0.3 is 20.9 Å². The Balaban J connectivity index is 0.00000420. The molecule has 3 N–H and O–H groups in total. The maximum absolute atomic E-state index is 12.0. The Morgan fingerprint density at radius 3 is 2.59 bits per heavy atom. The molecular formula is C21H34IN5O2. The van der Waals surface area contributed by atoms with Crippen LogP contribution < -0.4 is 16.0 Å². The number of benzene rings is 1. The molecule has 1 aliphatic rings. The topological polar surface area (TPSA) is 85.8 Å². The molecule has 1 aromatic rings. The minimum Gasteiger partial charge on any atom is -0.357 e. The fourth-order valence-corrected chi connectivity index (χ4v) is 3.17. The number of halogens is 1. The lowest BCUT2D eigenvalue weighted by Gasteiger charge is -2.20. The monoisotopic (exact) mass is 515 g/mol. The van der Waals surface area contributed by atoms with Crippen molar-refractivity contribution in [2.24, 2.45) is 4.99 Å². The average Bonchev–Trinajstić information content (AvgIpc) is 2.93. The van der Waals surface area contributed by atoms with Crippen LogP contribution in [0.4, 0.5) is 0 Å². The highest BCUT2D eigenvalue weighted by atomic mass is 127. The molecule has 2 amide bonds. The van der Waals surface area contributed by atoms with Gasteiger partial charge in [0.15, 0.2) is 5.96 Å². The van der Waals surface area contributed by atoms with Crippen LogP contribution in [0.25, 0.3) is 0 Å². The number of nitrogens with one attached hydrogen (secondary N) is 3. The Labute approximate surface area is 191 Å².